The summed E-state index contributed by atoms with van der Waals surface area (Å²) in [5.74, 6) is -1.22. The molecule has 31 heavy (non-hydrogen) atoms. The molecule has 1 heterocycles. The highest BCUT2D eigenvalue weighted by Gasteiger charge is 2.32. The molecule has 2 aromatic carbocycles. The molecular weight excluding hydrogens is 443 g/mol. The van der Waals surface area contributed by atoms with Gasteiger partial charge >= 0.3 is 0 Å². The van der Waals surface area contributed by atoms with Crippen LogP contribution in [0, 0.1) is 26.6 Å². The first kappa shape index (κ1) is 22.8. The quantitative estimate of drug-likeness (QED) is 0.598. The predicted molar refractivity (Wildman–Crippen MR) is 118 cm³/mol. The van der Waals surface area contributed by atoms with Gasteiger partial charge in [0.15, 0.2) is 0 Å². The summed E-state index contributed by atoms with van der Waals surface area (Å²) in [6.07, 6.45) is 0. The van der Waals surface area contributed by atoms with E-state index >= 15 is 0 Å². The van der Waals surface area contributed by atoms with Crippen molar-refractivity contribution >= 4 is 38.9 Å². The van der Waals surface area contributed by atoms with Gasteiger partial charge in [0.1, 0.15) is 17.3 Å². The monoisotopic (exact) mass is 464 g/mol. The molecule has 0 aliphatic rings. The molecule has 164 valence electrons. The Bertz CT molecular complexity index is 1240. The number of amides is 1. The number of hydrogen-bond donors (Lipinski definition) is 1. The van der Waals surface area contributed by atoms with Gasteiger partial charge in [-0.25, -0.2) is 12.8 Å². The lowest BCUT2D eigenvalue weighted by Crippen LogP contribution is -2.38. The van der Waals surface area contributed by atoms with Crippen molar-refractivity contribution < 1.29 is 17.6 Å². The fourth-order valence-electron chi connectivity index (χ4n) is 3.17. The number of aryl methyl sites for hydroxylation is 3. The molecule has 3 aromatic rings. The third-order valence-electron chi connectivity index (χ3n) is 4.80. The molecule has 1 aromatic heterocycles. The van der Waals surface area contributed by atoms with Gasteiger partial charge in [-0.3, -0.25) is 13.8 Å². The van der Waals surface area contributed by atoms with Crippen molar-refractivity contribution in [3.05, 3.63) is 70.3 Å². The number of hydrogen-bond acceptors (Lipinski definition) is 4. The predicted octanol–water partition coefficient (Wildman–Crippen LogP) is 3.97. The van der Waals surface area contributed by atoms with Crippen LogP contribution in [-0.2, 0) is 21.9 Å². The lowest BCUT2D eigenvalue weighted by Gasteiger charge is -2.24. The summed E-state index contributed by atoms with van der Waals surface area (Å²) in [6.45, 7) is 4.64. The van der Waals surface area contributed by atoms with Crippen molar-refractivity contribution in [2.45, 2.75) is 25.7 Å². The van der Waals surface area contributed by atoms with Gasteiger partial charge < -0.3 is 5.32 Å². The first-order valence-corrected chi connectivity index (χ1v) is 11.2. The number of carbonyl (C=O) groups excluding carboxylic acids is 1. The third kappa shape index (κ3) is 4.72. The number of carbonyl (C=O) groups is 1. The molecular formula is C21H22ClFN4O3S. The molecule has 0 radical (unpaired) electrons. The van der Waals surface area contributed by atoms with Crippen LogP contribution in [0.3, 0.4) is 0 Å². The first-order chi connectivity index (χ1) is 14.5. The SMILES string of the molecule is Cc1ccc(N(CC(=O)Nc2ccc(F)c(Cl)c2)S(=O)(=O)c2c(C)nn(C)c2C)cc1. The number of benzene rings is 2. The normalized spacial score (nSPS) is 11.4. The Hall–Kier alpha value is -2.91. The zero-order valence-electron chi connectivity index (χ0n) is 17.5. The summed E-state index contributed by atoms with van der Waals surface area (Å²) in [5, 5.41) is 6.60. The van der Waals surface area contributed by atoms with Crippen LogP contribution in [0.2, 0.25) is 5.02 Å². The summed E-state index contributed by atoms with van der Waals surface area (Å²) in [5.41, 5.74) is 2.33. The molecule has 10 heteroatoms. The zero-order chi connectivity index (χ0) is 22.9. The molecule has 3 rings (SSSR count). The van der Waals surface area contributed by atoms with Crippen molar-refractivity contribution in [3.63, 3.8) is 0 Å². The molecule has 1 N–H and O–H groups in total. The van der Waals surface area contributed by atoms with Crippen LogP contribution in [0.1, 0.15) is 17.0 Å². The fraction of sp³-hybridized carbons (Fsp3) is 0.238. The highest BCUT2D eigenvalue weighted by Crippen LogP contribution is 2.28. The third-order valence-corrected chi connectivity index (χ3v) is 7.12. The van der Waals surface area contributed by atoms with E-state index in [2.05, 4.69) is 10.4 Å². The molecule has 0 spiro atoms. The van der Waals surface area contributed by atoms with Gasteiger partial charge in [-0.05, 0) is 51.1 Å². The van der Waals surface area contributed by atoms with Crippen molar-refractivity contribution in [2.75, 3.05) is 16.2 Å². The number of aromatic nitrogens is 2. The number of nitrogens with zero attached hydrogens (tertiary/aromatic N) is 3. The second-order valence-electron chi connectivity index (χ2n) is 7.15. The lowest BCUT2D eigenvalue weighted by atomic mass is 10.2. The Morgan fingerprint density at radius 3 is 2.35 bits per heavy atom. The number of sulfonamides is 1. The standard InChI is InChI=1S/C21H22ClFN4O3S/c1-13-5-8-17(9-6-13)27(31(29,30)21-14(2)25-26(4)15(21)3)12-20(28)24-16-7-10-19(23)18(22)11-16/h5-11H,12H2,1-4H3,(H,24,28). The number of halogens is 2. The molecule has 7 nitrogen and oxygen atoms in total. The Morgan fingerprint density at radius 1 is 1.16 bits per heavy atom. The van der Waals surface area contributed by atoms with Gasteiger partial charge in [0.25, 0.3) is 10.0 Å². The van der Waals surface area contributed by atoms with Gasteiger partial charge in [0, 0.05) is 12.7 Å². The maximum atomic E-state index is 13.6. The van der Waals surface area contributed by atoms with E-state index in [-0.39, 0.29) is 15.6 Å². The summed E-state index contributed by atoms with van der Waals surface area (Å²) in [6, 6.07) is 10.5. The van der Waals surface area contributed by atoms with Crippen LogP contribution in [0.15, 0.2) is 47.4 Å². The lowest BCUT2D eigenvalue weighted by molar-refractivity contribution is -0.114. The van der Waals surface area contributed by atoms with E-state index < -0.39 is 28.3 Å². The molecule has 0 atom stereocenters. The van der Waals surface area contributed by atoms with Crippen LogP contribution in [0.4, 0.5) is 15.8 Å². The summed E-state index contributed by atoms with van der Waals surface area (Å²) >= 11 is 5.76. The van der Waals surface area contributed by atoms with E-state index in [1.807, 2.05) is 6.92 Å². The van der Waals surface area contributed by atoms with Gasteiger partial charge in [0.05, 0.1) is 22.1 Å². The molecule has 0 bridgehead atoms. The highest BCUT2D eigenvalue weighted by atomic mass is 35.5. The molecule has 1 amide bonds. The van der Waals surface area contributed by atoms with Crippen LogP contribution in [0.5, 0.6) is 0 Å². The zero-order valence-corrected chi connectivity index (χ0v) is 19.1. The van der Waals surface area contributed by atoms with Crippen LogP contribution >= 0.6 is 11.6 Å². The second kappa shape index (κ2) is 8.68. The van der Waals surface area contributed by atoms with Crippen LogP contribution in [0.25, 0.3) is 0 Å². The summed E-state index contributed by atoms with van der Waals surface area (Å²) in [7, 11) is -2.45. The Balaban J connectivity index is 1.99. The number of anilines is 2. The largest absolute Gasteiger partial charge is 0.324 e. The Morgan fingerprint density at radius 2 is 1.81 bits per heavy atom. The second-order valence-corrected chi connectivity index (χ2v) is 9.35. The topological polar surface area (TPSA) is 84.3 Å². The maximum Gasteiger partial charge on any atom is 0.268 e. The van der Waals surface area contributed by atoms with Gasteiger partial charge in [-0.15, -0.1) is 0 Å². The van der Waals surface area contributed by atoms with Crippen molar-refractivity contribution in [3.8, 4) is 0 Å². The molecule has 0 saturated heterocycles. The van der Waals surface area contributed by atoms with E-state index in [1.165, 1.54) is 16.8 Å². The highest BCUT2D eigenvalue weighted by molar-refractivity contribution is 7.93. The van der Waals surface area contributed by atoms with E-state index in [9.17, 15) is 17.6 Å². The maximum absolute atomic E-state index is 13.6. The Labute approximate surface area is 185 Å². The van der Waals surface area contributed by atoms with Gasteiger partial charge in [-0.2, -0.15) is 5.10 Å². The fourth-order valence-corrected chi connectivity index (χ4v) is 5.18. The van der Waals surface area contributed by atoms with E-state index in [0.29, 0.717) is 17.1 Å². The van der Waals surface area contributed by atoms with E-state index in [1.54, 1.807) is 45.2 Å². The first-order valence-electron chi connectivity index (χ1n) is 9.35. The average Bonchev–Trinajstić information content (AvgIpc) is 2.95. The van der Waals surface area contributed by atoms with Crippen LogP contribution in [-0.4, -0.2) is 30.7 Å². The molecule has 0 fully saturated rings. The summed E-state index contributed by atoms with van der Waals surface area (Å²) in [4.78, 5) is 12.8. The average molecular weight is 465 g/mol. The minimum Gasteiger partial charge on any atom is -0.324 e. The van der Waals surface area contributed by atoms with Crippen molar-refractivity contribution in [1.82, 2.24) is 9.78 Å². The van der Waals surface area contributed by atoms with Gasteiger partial charge in [0.2, 0.25) is 5.91 Å². The van der Waals surface area contributed by atoms with E-state index in [0.717, 1.165) is 15.9 Å². The minimum atomic E-state index is -4.11. The van der Waals surface area contributed by atoms with Crippen LogP contribution < -0.4 is 9.62 Å². The smallest absolute Gasteiger partial charge is 0.268 e. The molecule has 0 aliphatic heterocycles. The van der Waals surface area contributed by atoms with Crippen molar-refractivity contribution in [1.29, 1.82) is 0 Å². The van der Waals surface area contributed by atoms with E-state index in [4.69, 9.17) is 11.6 Å². The molecule has 0 aliphatic carbocycles. The Kier molecular flexibility index (Phi) is 6.38. The van der Waals surface area contributed by atoms with Gasteiger partial charge in [-0.1, -0.05) is 29.3 Å². The minimum absolute atomic E-state index is 0.0493. The summed E-state index contributed by atoms with van der Waals surface area (Å²) < 4.78 is 43.1. The molecule has 0 saturated carbocycles. The number of nitrogens with one attached hydrogen (secondary N) is 1. The number of rotatable bonds is 6. The molecule has 0 unspecified atom stereocenters. The van der Waals surface area contributed by atoms with Crippen molar-refractivity contribution in [2.24, 2.45) is 7.05 Å².